The van der Waals surface area contributed by atoms with Gasteiger partial charge in [0.05, 0.1) is 12.6 Å². The fraction of sp³-hybridized carbons (Fsp3) is 0.909. The Morgan fingerprint density at radius 1 is 1.38 bits per heavy atom. The maximum Gasteiger partial charge on any atom is 0.317 e. The number of carbonyl (C=O) groups excluding carboxylic acids is 1. The first-order valence-electron chi connectivity index (χ1n) is 6.19. The summed E-state index contributed by atoms with van der Waals surface area (Å²) in [5.74, 6) is 0.672. The molecule has 3 fully saturated rings. The highest BCUT2D eigenvalue weighted by Crippen LogP contribution is 2.24. The number of carbonyl (C=O) groups is 1. The Hall–Kier alpha value is -0.810. The van der Waals surface area contributed by atoms with Gasteiger partial charge in [0, 0.05) is 25.7 Å². The quantitative estimate of drug-likeness (QED) is 0.648. The van der Waals surface area contributed by atoms with Gasteiger partial charge in [-0.25, -0.2) is 4.79 Å². The van der Waals surface area contributed by atoms with E-state index in [-0.39, 0.29) is 12.1 Å². The number of ether oxygens (including phenoxy) is 1. The van der Waals surface area contributed by atoms with Gasteiger partial charge in [0.2, 0.25) is 0 Å². The average Bonchev–Trinajstić information content (AvgIpc) is 2.91. The van der Waals surface area contributed by atoms with Crippen LogP contribution < -0.4 is 10.6 Å². The number of amides is 2. The van der Waals surface area contributed by atoms with Gasteiger partial charge in [0.25, 0.3) is 0 Å². The molecule has 16 heavy (non-hydrogen) atoms. The molecular formula is C11H19N3O2. The van der Waals surface area contributed by atoms with Gasteiger partial charge in [0.15, 0.2) is 0 Å². The third-order valence-corrected chi connectivity index (χ3v) is 3.91. The monoisotopic (exact) mass is 225 g/mol. The van der Waals surface area contributed by atoms with Crippen LogP contribution in [0.1, 0.15) is 12.8 Å². The molecule has 0 bridgehead atoms. The van der Waals surface area contributed by atoms with Gasteiger partial charge in [-0.05, 0) is 25.3 Å². The number of rotatable bonds is 1. The van der Waals surface area contributed by atoms with Crippen LogP contribution in [-0.2, 0) is 4.74 Å². The van der Waals surface area contributed by atoms with E-state index < -0.39 is 0 Å². The van der Waals surface area contributed by atoms with Gasteiger partial charge in [-0.1, -0.05) is 0 Å². The molecule has 5 nitrogen and oxygen atoms in total. The molecule has 5 heteroatoms. The summed E-state index contributed by atoms with van der Waals surface area (Å²) in [5, 5.41) is 6.49. The van der Waals surface area contributed by atoms with E-state index >= 15 is 0 Å². The van der Waals surface area contributed by atoms with Crippen LogP contribution in [0.4, 0.5) is 4.79 Å². The lowest BCUT2D eigenvalue weighted by Gasteiger charge is -2.20. The second kappa shape index (κ2) is 4.22. The van der Waals surface area contributed by atoms with Crippen molar-refractivity contribution in [1.82, 2.24) is 15.5 Å². The molecule has 3 atom stereocenters. The van der Waals surface area contributed by atoms with E-state index in [0.29, 0.717) is 18.6 Å². The van der Waals surface area contributed by atoms with Crippen molar-refractivity contribution in [3.05, 3.63) is 0 Å². The Kier molecular flexibility index (Phi) is 2.73. The lowest BCUT2D eigenvalue weighted by atomic mass is 10.1. The average molecular weight is 225 g/mol. The molecule has 3 saturated heterocycles. The summed E-state index contributed by atoms with van der Waals surface area (Å²) in [6, 6.07) is 0.846. The minimum absolute atomic E-state index is 0.0895. The molecule has 3 rings (SSSR count). The van der Waals surface area contributed by atoms with Crippen LogP contribution in [0.25, 0.3) is 0 Å². The summed E-state index contributed by atoms with van der Waals surface area (Å²) in [4.78, 5) is 13.9. The first-order chi connectivity index (χ1) is 7.83. The maximum atomic E-state index is 12.0. The van der Waals surface area contributed by atoms with Crippen molar-refractivity contribution in [2.75, 3.05) is 32.8 Å². The Balaban J connectivity index is 1.51. The van der Waals surface area contributed by atoms with Crippen molar-refractivity contribution < 1.29 is 9.53 Å². The number of nitrogens with one attached hydrogen (secondary N) is 2. The van der Waals surface area contributed by atoms with Crippen molar-refractivity contribution in [2.45, 2.75) is 24.9 Å². The predicted octanol–water partition coefficient (Wildman–Crippen LogP) is -0.221. The summed E-state index contributed by atoms with van der Waals surface area (Å²) >= 11 is 0. The van der Waals surface area contributed by atoms with Crippen LogP contribution in [0.5, 0.6) is 0 Å². The minimum atomic E-state index is 0.0895. The highest BCUT2D eigenvalue weighted by Gasteiger charge is 2.38. The number of fused-ring (bicyclic) bond motifs is 1. The SMILES string of the molecule is O=C(NC1CCOC1)N1C[C@@H]2CCN[C@@H]2C1. The summed E-state index contributed by atoms with van der Waals surface area (Å²) in [6.45, 7) is 4.34. The van der Waals surface area contributed by atoms with E-state index in [9.17, 15) is 4.79 Å². The molecule has 3 aliphatic rings. The Morgan fingerprint density at radius 2 is 2.31 bits per heavy atom. The summed E-state index contributed by atoms with van der Waals surface area (Å²) < 4.78 is 5.25. The molecule has 3 aliphatic heterocycles. The highest BCUT2D eigenvalue weighted by atomic mass is 16.5. The standard InChI is InChI=1S/C11H19N3O2/c15-11(13-9-2-4-16-7-9)14-5-8-1-3-12-10(8)6-14/h8-10,12H,1-7H2,(H,13,15)/t8-,9?,10+/m0/s1. The van der Waals surface area contributed by atoms with Gasteiger partial charge in [-0.15, -0.1) is 0 Å². The third kappa shape index (κ3) is 1.89. The van der Waals surface area contributed by atoms with E-state index in [0.717, 1.165) is 32.7 Å². The molecule has 2 N–H and O–H groups in total. The van der Waals surface area contributed by atoms with Crippen molar-refractivity contribution in [3.8, 4) is 0 Å². The fourth-order valence-electron chi connectivity index (χ4n) is 2.93. The molecule has 0 aromatic carbocycles. The molecular weight excluding hydrogens is 206 g/mol. The van der Waals surface area contributed by atoms with Crippen LogP contribution >= 0.6 is 0 Å². The van der Waals surface area contributed by atoms with Gasteiger partial charge in [0.1, 0.15) is 0 Å². The lowest BCUT2D eigenvalue weighted by molar-refractivity contribution is 0.181. The highest BCUT2D eigenvalue weighted by molar-refractivity contribution is 5.75. The molecule has 2 amide bonds. The normalized spacial score (nSPS) is 37.8. The van der Waals surface area contributed by atoms with Crippen molar-refractivity contribution in [3.63, 3.8) is 0 Å². The van der Waals surface area contributed by atoms with Crippen molar-refractivity contribution >= 4 is 6.03 Å². The van der Waals surface area contributed by atoms with E-state index in [4.69, 9.17) is 4.74 Å². The Morgan fingerprint density at radius 3 is 3.06 bits per heavy atom. The largest absolute Gasteiger partial charge is 0.379 e. The van der Waals surface area contributed by atoms with Crippen LogP contribution in [0.2, 0.25) is 0 Å². The van der Waals surface area contributed by atoms with Gasteiger partial charge in [-0.3, -0.25) is 0 Å². The first kappa shape index (κ1) is 10.4. The zero-order valence-electron chi connectivity index (χ0n) is 9.45. The number of nitrogens with zero attached hydrogens (tertiary/aromatic N) is 1. The molecule has 0 radical (unpaired) electrons. The van der Waals surface area contributed by atoms with Crippen LogP contribution in [-0.4, -0.2) is 55.9 Å². The topological polar surface area (TPSA) is 53.6 Å². The van der Waals surface area contributed by atoms with E-state index in [2.05, 4.69) is 10.6 Å². The summed E-state index contributed by atoms with van der Waals surface area (Å²) in [7, 11) is 0. The molecule has 0 aromatic heterocycles. The van der Waals surface area contributed by atoms with E-state index in [1.54, 1.807) is 0 Å². The number of hydrogen-bond acceptors (Lipinski definition) is 3. The van der Waals surface area contributed by atoms with Crippen molar-refractivity contribution in [1.29, 1.82) is 0 Å². The van der Waals surface area contributed by atoms with Crippen LogP contribution in [0.3, 0.4) is 0 Å². The van der Waals surface area contributed by atoms with Gasteiger partial charge < -0.3 is 20.3 Å². The zero-order chi connectivity index (χ0) is 11.0. The molecule has 0 aromatic rings. The minimum Gasteiger partial charge on any atom is -0.379 e. The predicted molar refractivity (Wildman–Crippen MR) is 59.2 cm³/mol. The number of hydrogen-bond donors (Lipinski definition) is 2. The molecule has 0 saturated carbocycles. The summed E-state index contributed by atoms with van der Waals surface area (Å²) in [6.07, 6.45) is 2.16. The number of urea groups is 1. The fourth-order valence-corrected chi connectivity index (χ4v) is 2.93. The van der Waals surface area contributed by atoms with Crippen molar-refractivity contribution in [2.24, 2.45) is 5.92 Å². The third-order valence-electron chi connectivity index (χ3n) is 3.91. The number of likely N-dealkylation sites (tertiary alicyclic amines) is 1. The summed E-state index contributed by atoms with van der Waals surface area (Å²) in [5.41, 5.74) is 0. The lowest BCUT2D eigenvalue weighted by Crippen LogP contribution is -2.45. The second-order valence-electron chi connectivity index (χ2n) is 5.02. The molecule has 0 aliphatic carbocycles. The first-order valence-corrected chi connectivity index (χ1v) is 6.19. The maximum absolute atomic E-state index is 12.0. The molecule has 0 spiro atoms. The Labute approximate surface area is 95.5 Å². The van der Waals surface area contributed by atoms with Crippen LogP contribution in [0, 0.1) is 5.92 Å². The van der Waals surface area contributed by atoms with E-state index in [1.807, 2.05) is 4.90 Å². The smallest absolute Gasteiger partial charge is 0.317 e. The van der Waals surface area contributed by atoms with Crippen LogP contribution in [0.15, 0.2) is 0 Å². The second-order valence-corrected chi connectivity index (χ2v) is 5.02. The molecule has 90 valence electrons. The zero-order valence-corrected chi connectivity index (χ0v) is 9.45. The van der Waals surface area contributed by atoms with Gasteiger partial charge in [-0.2, -0.15) is 0 Å². The molecule has 3 heterocycles. The Bertz CT molecular complexity index is 266. The van der Waals surface area contributed by atoms with Gasteiger partial charge >= 0.3 is 6.03 Å². The van der Waals surface area contributed by atoms with E-state index in [1.165, 1.54) is 6.42 Å². The molecule has 1 unspecified atom stereocenters.